The number of methoxy groups -OCH3 is 1. The summed E-state index contributed by atoms with van der Waals surface area (Å²) in [6.07, 6.45) is -2.59. The maximum absolute atomic E-state index is 14.8. The molecule has 0 aliphatic rings. The number of carbonyl (C=O) groups excluding carboxylic acids is 1. The molecular weight excluding hydrogens is 460 g/mol. The molecule has 0 fully saturated rings. The molecule has 0 spiro atoms. The summed E-state index contributed by atoms with van der Waals surface area (Å²) in [6.45, 7) is 2.99. The van der Waals surface area contributed by atoms with E-state index >= 15 is 0 Å². The van der Waals surface area contributed by atoms with Crippen molar-refractivity contribution in [3.63, 3.8) is 0 Å². The van der Waals surface area contributed by atoms with Crippen molar-refractivity contribution in [3.05, 3.63) is 89.6 Å². The maximum atomic E-state index is 14.8. The van der Waals surface area contributed by atoms with E-state index in [0.29, 0.717) is 11.1 Å². The Labute approximate surface area is 200 Å². The van der Waals surface area contributed by atoms with Crippen molar-refractivity contribution in [2.24, 2.45) is 0 Å². The number of alkyl halides is 4. The van der Waals surface area contributed by atoms with Gasteiger partial charge in [-0.25, -0.2) is 9.18 Å². The number of nitrogens with zero attached hydrogens (tertiary/aromatic N) is 2. The van der Waals surface area contributed by atoms with Crippen LogP contribution in [0.1, 0.15) is 47.8 Å². The van der Waals surface area contributed by atoms with Gasteiger partial charge in [0.05, 0.1) is 36.0 Å². The van der Waals surface area contributed by atoms with E-state index in [2.05, 4.69) is 5.10 Å². The minimum atomic E-state index is -4.39. The van der Waals surface area contributed by atoms with E-state index in [0.717, 1.165) is 34.2 Å². The van der Waals surface area contributed by atoms with Gasteiger partial charge in [0.25, 0.3) is 0 Å². The van der Waals surface area contributed by atoms with Crippen LogP contribution in [0.4, 0.5) is 17.6 Å². The SMILES string of the molecule is COC(=O)c1ccc(C(CC(C)(C)F)n2ncc3cc(-c4ccc(C(F)(F)F)cc4)ccc32)cc1. The number of benzene rings is 3. The lowest BCUT2D eigenvalue weighted by Gasteiger charge is -2.25. The standard InChI is InChI=1S/C27H24F4N2O2/c1-26(2,28)15-24(18-4-6-19(7-5-18)25(34)35-3)33-23-13-10-20(14-21(23)16-32-33)17-8-11-22(12-9-17)27(29,30)31/h4-14,16,24H,15H2,1-3H3. The number of hydrogen-bond acceptors (Lipinski definition) is 3. The lowest BCUT2D eigenvalue weighted by atomic mass is 9.94. The summed E-state index contributed by atoms with van der Waals surface area (Å²) >= 11 is 0. The molecule has 0 aliphatic heterocycles. The molecule has 0 radical (unpaired) electrons. The summed E-state index contributed by atoms with van der Waals surface area (Å²) < 4.78 is 59.9. The second-order valence-corrected chi connectivity index (χ2v) is 8.99. The van der Waals surface area contributed by atoms with Crippen molar-refractivity contribution in [1.82, 2.24) is 9.78 Å². The van der Waals surface area contributed by atoms with Gasteiger partial charge in [0, 0.05) is 11.8 Å². The van der Waals surface area contributed by atoms with E-state index in [1.54, 1.807) is 41.2 Å². The quantitative estimate of drug-likeness (QED) is 0.214. The number of aromatic nitrogens is 2. The summed E-state index contributed by atoms with van der Waals surface area (Å²) in [5.74, 6) is -0.459. The Kier molecular flexibility index (Phi) is 6.40. The van der Waals surface area contributed by atoms with Gasteiger partial charge in [-0.3, -0.25) is 4.68 Å². The van der Waals surface area contributed by atoms with E-state index < -0.39 is 29.4 Å². The molecule has 1 aromatic heterocycles. The van der Waals surface area contributed by atoms with Crippen LogP contribution in [-0.4, -0.2) is 28.5 Å². The van der Waals surface area contributed by atoms with Gasteiger partial charge >= 0.3 is 12.1 Å². The Bertz CT molecular complexity index is 1340. The van der Waals surface area contributed by atoms with Crippen LogP contribution in [0.25, 0.3) is 22.0 Å². The van der Waals surface area contributed by atoms with Crippen molar-refractivity contribution in [2.45, 2.75) is 38.2 Å². The molecule has 182 valence electrons. The van der Waals surface area contributed by atoms with E-state index in [1.165, 1.54) is 33.1 Å². The molecule has 0 saturated heterocycles. The normalized spacial score (nSPS) is 13.1. The lowest BCUT2D eigenvalue weighted by Crippen LogP contribution is -2.22. The highest BCUT2D eigenvalue weighted by atomic mass is 19.4. The van der Waals surface area contributed by atoms with Crippen molar-refractivity contribution < 1.29 is 27.1 Å². The molecule has 0 N–H and O–H groups in total. The molecule has 0 bridgehead atoms. The summed E-state index contributed by atoms with van der Waals surface area (Å²) in [7, 11) is 1.31. The van der Waals surface area contributed by atoms with Crippen LogP contribution in [0.3, 0.4) is 0 Å². The van der Waals surface area contributed by atoms with Crippen LogP contribution in [-0.2, 0) is 10.9 Å². The number of rotatable bonds is 6. The molecule has 0 saturated carbocycles. The minimum absolute atomic E-state index is 0.141. The topological polar surface area (TPSA) is 44.1 Å². The minimum Gasteiger partial charge on any atom is -0.465 e. The number of hydrogen-bond donors (Lipinski definition) is 0. The number of halogens is 4. The first-order valence-corrected chi connectivity index (χ1v) is 11.0. The fourth-order valence-electron chi connectivity index (χ4n) is 4.10. The van der Waals surface area contributed by atoms with Gasteiger partial charge in [0.2, 0.25) is 0 Å². The van der Waals surface area contributed by atoms with Crippen LogP contribution in [0, 0.1) is 0 Å². The zero-order valence-corrected chi connectivity index (χ0v) is 19.4. The largest absolute Gasteiger partial charge is 0.465 e. The second-order valence-electron chi connectivity index (χ2n) is 8.99. The fourth-order valence-corrected chi connectivity index (χ4v) is 4.10. The van der Waals surface area contributed by atoms with Gasteiger partial charge in [0.1, 0.15) is 5.67 Å². The molecular formula is C27H24F4N2O2. The van der Waals surface area contributed by atoms with E-state index in [9.17, 15) is 22.4 Å². The molecule has 35 heavy (non-hydrogen) atoms. The summed E-state index contributed by atoms with van der Waals surface area (Å²) in [5, 5.41) is 5.29. The van der Waals surface area contributed by atoms with Gasteiger partial charge in [-0.15, -0.1) is 0 Å². The molecule has 3 aromatic carbocycles. The van der Waals surface area contributed by atoms with Crippen molar-refractivity contribution in [1.29, 1.82) is 0 Å². The fraction of sp³-hybridized carbons (Fsp3) is 0.259. The molecule has 4 rings (SSSR count). The van der Waals surface area contributed by atoms with Gasteiger partial charge in [-0.1, -0.05) is 30.3 Å². The lowest BCUT2D eigenvalue weighted by molar-refractivity contribution is -0.137. The van der Waals surface area contributed by atoms with Crippen molar-refractivity contribution >= 4 is 16.9 Å². The van der Waals surface area contributed by atoms with Crippen LogP contribution in [0.5, 0.6) is 0 Å². The Hall–Kier alpha value is -3.68. The Morgan fingerprint density at radius 2 is 1.57 bits per heavy atom. The summed E-state index contributed by atoms with van der Waals surface area (Å²) in [5.41, 5.74) is 1.12. The summed E-state index contributed by atoms with van der Waals surface area (Å²) in [4.78, 5) is 11.8. The van der Waals surface area contributed by atoms with E-state index in [4.69, 9.17) is 4.74 Å². The molecule has 1 unspecified atom stereocenters. The maximum Gasteiger partial charge on any atom is 0.416 e. The first-order valence-electron chi connectivity index (χ1n) is 11.0. The van der Waals surface area contributed by atoms with Gasteiger partial charge in [-0.05, 0) is 66.9 Å². The van der Waals surface area contributed by atoms with Crippen molar-refractivity contribution in [2.75, 3.05) is 7.11 Å². The molecule has 0 amide bonds. The number of fused-ring (bicyclic) bond motifs is 1. The highest BCUT2D eigenvalue weighted by Crippen LogP contribution is 2.35. The predicted octanol–water partition coefficient (Wildman–Crippen LogP) is 7.24. The molecule has 4 aromatic rings. The smallest absolute Gasteiger partial charge is 0.416 e. The predicted molar refractivity (Wildman–Crippen MR) is 126 cm³/mol. The first kappa shape index (κ1) is 24.4. The van der Waals surface area contributed by atoms with Crippen LogP contribution in [0.2, 0.25) is 0 Å². The number of ether oxygens (including phenoxy) is 1. The van der Waals surface area contributed by atoms with Gasteiger partial charge in [-0.2, -0.15) is 18.3 Å². The Morgan fingerprint density at radius 3 is 2.14 bits per heavy atom. The average molecular weight is 484 g/mol. The third-order valence-electron chi connectivity index (χ3n) is 5.83. The third-order valence-corrected chi connectivity index (χ3v) is 5.83. The van der Waals surface area contributed by atoms with Crippen molar-refractivity contribution in [3.8, 4) is 11.1 Å². The first-order chi connectivity index (χ1) is 16.5. The summed E-state index contributed by atoms with van der Waals surface area (Å²) in [6, 6.07) is 16.8. The molecule has 8 heteroatoms. The molecule has 1 atom stereocenters. The Morgan fingerprint density at radius 1 is 0.943 bits per heavy atom. The second kappa shape index (κ2) is 9.17. The number of esters is 1. The number of carbonyl (C=O) groups is 1. The van der Waals surface area contributed by atoms with Crippen LogP contribution < -0.4 is 0 Å². The Balaban J connectivity index is 1.71. The monoisotopic (exact) mass is 484 g/mol. The van der Waals surface area contributed by atoms with Gasteiger partial charge < -0.3 is 4.74 Å². The van der Waals surface area contributed by atoms with Crippen LogP contribution in [0.15, 0.2) is 72.9 Å². The zero-order valence-electron chi connectivity index (χ0n) is 19.4. The molecule has 4 nitrogen and oxygen atoms in total. The molecule has 1 heterocycles. The highest BCUT2D eigenvalue weighted by molar-refractivity contribution is 5.89. The van der Waals surface area contributed by atoms with E-state index in [1.807, 2.05) is 12.1 Å². The molecule has 0 aliphatic carbocycles. The van der Waals surface area contributed by atoms with Gasteiger partial charge in [0.15, 0.2) is 0 Å². The highest BCUT2D eigenvalue weighted by Gasteiger charge is 2.30. The average Bonchev–Trinajstić information content (AvgIpc) is 3.24. The van der Waals surface area contributed by atoms with E-state index in [-0.39, 0.29) is 6.42 Å². The van der Waals surface area contributed by atoms with Crippen LogP contribution >= 0.6 is 0 Å². The zero-order chi connectivity index (χ0) is 25.4. The third kappa shape index (κ3) is 5.37.